The summed E-state index contributed by atoms with van der Waals surface area (Å²) in [7, 11) is 3.06. The Hall–Kier alpha value is -1.91. The lowest BCUT2D eigenvalue weighted by molar-refractivity contribution is 0.0925. The maximum Gasteiger partial charge on any atom is 0.253 e. The number of carbonyl (C=O) groups is 1. The Balaban J connectivity index is 2.97. The van der Waals surface area contributed by atoms with E-state index in [1.807, 2.05) is 6.92 Å². The molecule has 0 aliphatic rings. The van der Waals surface area contributed by atoms with E-state index in [-0.39, 0.29) is 11.9 Å². The Kier molecular flexibility index (Phi) is 6.34. The molecule has 5 nitrogen and oxygen atoms in total. The highest BCUT2D eigenvalue weighted by molar-refractivity contribution is 6.00. The van der Waals surface area contributed by atoms with Crippen LogP contribution in [0.3, 0.4) is 0 Å². The molecule has 0 bridgehead atoms. The molecule has 0 fully saturated rings. The van der Waals surface area contributed by atoms with Gasteiger partial charge in [-0.2, -0.15) is 0 Å². The van der Waals surface area contributed by atoms with E-state index in [1.165, 1.54) is 14.2 Å². The minimum Gasteiger partial charge on any atom is -0.493 e. The number of benzene rings is 1. The van der Waals surface area contributed by atoms with Gasteiger partial charge in [-0.3, -0.25) is 4.79 Å². The third-order valence-corrected chi connectivity index (χ3v) is 3.91. The van der Waals surface area contributed by atoms with Crippen LogP contribution in [0, 0.1) is 5.92 Å². The Morgan fingerprint density at radius 2 is 1.71 bits per heavy atom. The van der Waals surface area contributed by atoms with Crippen LogP contribution in [0.25, 0.3) is 0 Å². The highest BCUT2D eigenvalue weighted by Crippen LogP contribution is 2.32. The highest BCUT2D eigenvalue weighted by Gasteiger charge is 2.20. The van der Waals surface area contributed by atoms with Crippen LogP contribution in [0.5, 0.6) is 11.5 Å². The SMILES string of the molecule is CCC(CC)C(C)NC(=O)c1cc(OC)c(OC)cc1N. The zero-order chi connectivity index (χ0) is 16.0. The zero-order valence-corrected chi connectivity index (χ0v) is 13.5. The molecule has 118 valence electrons. The summed E-state index contributed by atoms with van der Waals surface area (Å²) in [5.74, 6) is 1.27. The van der Waals surface area contributed by atoms with Gasteiger partial charge in [0, 0.05) is 17.8 Å². The second kappa shape index (κ2) is 7.76. The zero-order valence-electron chi connectivity index (χ0n) is 13.5. The van der Waals surface area contributed by atoms with Gasteiger partial charge in [-0.1, -0.05) is 26.7 Å². The number of anilines is 1. The number of nitrogens with one attached hydrogen (secondary N) is 1. The molecule has 0 aliphatic heterocycles. The van der Waals surface area contributed by atoms with Crippen LogP contribution in [-0.2, 0) is 0 Å². The van der Waals surface area contributed by atoms with Crippen LogP contribution in [0.4, 0.5) is 5.69 Å². The summed E-state index contributed by atoms with van der Waals surface area (Å²) >= 11 is 0. The molecule has 0 spiro atoms. The molecule has 0 saturated heterocycles. The molecule has 0 aromatic heterocycles. The maximum absolute atomic E-state index is 12.4. The number of ether oxygens (including phenoxy) is 2. The summed E-state index contributed by atoms with van der Waals surface area (Å²) in [5.41, 5.74) is 6.73. The monoisotopic (exact) mass is 294 g/mol. The molecular weight excluding hydrogens is 268 g/mol. The van der Waals surface area contributed by atoms with Gasteiger partial charge in [-0.15, -0.1) is 0 Å². The van der Waals surface area contributed by atoms with Crippen LogP contribution in [0.2, 0.25) is 0 Å². The first-order chi connectivity index (χ1) is 9.98. The number of hydrogen-bond acceptors (Lipinski definition) is 4. The Bertz CT molecular complexity index is 485. The van der Waals surface area contributed by atoms with E-state index < -0.39 is 0 Å². The van der Waals surface area contributed by atoms with Crippen LogP contribution >= 0.6 is 0 Å². The van der Waals surface area contributed by atoms with Gasteiger partial charge >= 0.3 is 0 Å². The average Bonchev–Trinajstić information content (AvgIpc) is 2.47. The van der Waals surface area contributed by atoms with Gasteiger partial charge in [0.05, 0.1) is 19.8 Å². The first-order valence-electron chi connectivity index (χ1n) is 7.30. The summed E-state index contributed by atoms with van der Waals surface area (Å²) < 4.78 is 10.4. The van der Waals surface area contributed by atoms with Gasteiger partial charge in [0.2, 0.25) is 0 Å². The minimum atomic E-state index is -0.187. The lowest BCUT2D eigenvalue weighted by Gasteiger charge is -2.23. The minimum absolute atomic E-state index is 0.0972. The van der Waals surface area contributed by atoms with E-state index >= 15 is 0 Å². The van der Waals surface area contributed by atoms with E-state index in [0.717, 1.165) is 12.8 Å². The fourth-order valence-corrected chi connectivity index (χ4v) is 2.49. The van der Waals surface area contributed by atoms with Crippen LogP contribution in [-0.4, -0.2) is 26.2 Å². The summed E-state index contributed by atoms with van der Waals surface area (Å²) in [6, 6.07) is 3.32. The number of nitrogens with two attached hydrogens (primary N) is 1. The summed E-state index contributed by atoms with van der Waals surface area (Å²) in [6.45, 7) is 6.27. The molecule has 0 heterocycles. The molecule has 1 aromatic carbocycles. The van der Waals surface area contributed by atoms with E-state index in [4.69, 9.17) is 15.2 Å². The van der Waals surface area contributed by atoms with Crippen molar-refractivity contribution in [3.05, 3.63) is 17.7 Å². The van der Waals surface area contributed by atoms with Crippen molar-refractivity contribution < 1.29 is 14.3 Å². The molecule has 1 rings (SSSR count). The molecule has 1 unspecified atom stereocenters. The Labute approximate surface area is 126 Å². The van der Waals surface area contributed by atoms with Crippen molar-refractivity contribution in [3.8, 4) is 11.5 Å². The highest BCUT2D eigenvalue weighted by atomic mass is 16.5. The molecular formula is C16H26N2O3. The van der Waals surface area contributed by atoms with Crippen molar-refractivity contribution in [3.63, 3.8) is 0 Å². The fourth-order valence-electron chi connectivity index (χ4n) is 2.49. The number of nitrogen functional groups attached to an aromatic ring is 1. The van der Waals surface area contributed by atoms with Crippen molar-refractivity contribution >= 4 is 11.6 Å². The smallest absolute Gasteiger partial charge is 0.253 e. The van der Waals surface area contributed by atoms with Gasteiger partial charge < -0.3 is 20.5 Å². The molecule has 5 heteroatoms. The Morgan fingerprint density at radius 3 is 2.19 bits per heavy atom. The van der Waals surface area contributed by atoms with Crippen molar-refractivity contribution in [1.82, 2.24) is 5.32 Å². The molecule has 1 atom stereocenters. The molecule has 1 amide bonds. The van der Waals surface area contributed by atoms with Gasteiger partial charge in [0.25, 0.3) is 5.91 Å². The van der Waals surface area contributed by atoms with Gasteiger partial charge in [0.1, 0.15) is 0 Å². The van der Waals surface area contributed by atoms with Crippen molar-refractivity contribution in [2.45, 2.75) is 39.7 Å². The van der Waals surface area contributed by atoms with Crippen molar-refractivity contribution in [2.24, 2.45) is 5.92 Å². The van der Waals surface area contributed by atoms with E-state index in [2.05, 4.69) is 19.2 Å². The Morgan fingerprint density at radius 1 is 1.19 bits per heavy atom. The van der Waals surface area contributed by atoms with E-state index in [0.29, 0.717) is 28.7 Å². The maximum atomic E-state index is 12.4. The molecule has 0 aliphatic carbocycles. The second-order valence-electron chi connectivity index (χ2n) is 5.13. The van der Waals surface area contributed by atoms with Gasteiger partial charge in [-0.05, 0) is 18.9 Å². The number of carbonyl (C=O) groups excluding carboxylic acids is 1. The first kappa shape index (κ1) is 17.1. The van der Waals surface area contributed by atoms with Crippen molar-refractivity contribution in [2.75, 3.05) is 20.0 Å². The molecule has 3 N–H and O–H groups in total. The molecule has 0 saturated carbocycles. The third kappa shape index (κ3) is 4.03. The molecule has 0 radical (unpaired) electrons. The lowest BCUT2D eigenvalue weighted by Crippen LogP contribution is -2.38. The number of rotatable bonds is 7. The normalized spacial score (nSPS) is 12.1. The van der Waals surface area contributed by atoms with Crippen LogP contribution in [0.15, 0.2) is 12.1 Å². The third-order valence-electron chi connectivity index (χ3n) is 3.91. The molecule has 1 aromatic rings. The second-order valence-corrected chi connectivity index (χ2v) is 5.13. The number of amides is 1. The summed E-state index contributed by atoms with van der Waals surface area (Å²) in [4.78, 5) is 12.4. The number of methoxy groups -OCH3 is 2. The number of hydrogen-bond donors (Lipinski definition) is 2. The van der Waals surface area contributed by atoms with Gasteiger partial charge in [0.15, 0.2) is 11.5 Å². The fraction of sp³-hybridized carbons (Fsp3) is 0.562. The first-order valence-corrected chi connectivity index (χ1v) is 7.30. The van der Waals surface area contributed by atoms with Crippen LogP contribution < -0.4 is 20.5 Å². The summed E-state index contributed by atoms with van der Waals surface area (Å²) in [6.07, 6.45) is 2.05. The predicted molar refractivity (Wildman–Crippen MR) is 85.0 cm³/mol. The predicted octanol–water partition coefficient (Wildman–Crippen LogP) is 2.84. The standard InChI is InChI=1S/C16H26N2O3/c1-6-11(7-2)10(3)18-16(19)12-8-14(20-4)15(21-5)9-13(12)17/h8-11H,6-7,17H2,1-5H3,(H,18,19). The van der Waals surface area contributed by atoms with E-state index in [1.54, 1.807) is 12.1 Å². The van der Waals surface area contributed by atoms with Crippen molar-refractivity contribution in [1.29, 1.82) is 0 Å². The largest absolute Gasteiger partial charge is 0.493 e. The average molecular weight is 294 g/mol. The molecule has 21 heavy (non-hydrogen) atoms. The van der Waals surface area contributed by atoms with E-state index in [9.17, 15) is 4.79 Å². The lowest BCUT2D eigenvalue weighted by atomic mass is 9.95. The van der Waals surface area contributed by atoms with Gasteiger partial charge in [-0.25, -0.2) is 0 Å². The topological polar surface area (TPSA) is 73.6 Å². The summed E-state index contributed by atoms with van der Waals surface area (Å²) in [5, 5.41) is 3.01. The van der Waals surface area contributed by atoms with Crippen LogP contribution in [0.1, 0.15) is 44.0 Å². The quantitative estimate of drug-likeness (QED) is 0.758.